The number of carbonyl (C=O) groups is 1. The molecule has 1 N–H and O–H groups in total. The lowest BCUT2D eigenvalue weighted by molar-refractivity contribution is -0.383. The van der Waals surface area contributed by atoms with Gasteiger partial charge in [-0.1, -0.05) is 11.6 Å². The second-order valence-corrected chi connectivity index (χ2v) is 6.14. The van der Waals surface area contributed by atoms with E-state index in [0.717, 1.165) is 9.26 Å². The van der Waals surface area contributed by atoms with Crippen LogP contribution in [0.2, 0.25) is 5.02 Å². The molecule has 1 aromatic heterocycles. The fourth-order valence-electron chi connectivity index (χ4n) is 1.80. The summed E-state index contributed by atoms with van der Waals surface area (Å²) in [7, 11) is 0. The number of carbonyl (C=O) groups excluding carboxylic acids is 1. The highest BCUT2D eigenvalue weighted by Gasteiger charge is 2.16. The molecule has 0 bridgehead atoms. The number of nitrogens with one attached hydrogen (secondary N) is 1. The maximum Gasteiger partial charge on any atom is 0.294 e. The summed E-state index contributed by atoms with van der Waals surface area (Å²) >= 11 is 7.89. The maximum atomic E-state index is 11.9. The summed E-state index contributed by atoms with van der Waals surface area (Å²) in [6.07, 6.45) is 2.00. The van der Waals surface area contributed by atoms with Crippen molar-refractivity contribution in [2.45, 2.75) is 19.9 Å². The first-order valence-corrected chi connectivity index (χ1v) is 7.76. The zero-order valence-electron chi connectivity index (χ0n) is 11.5. The van der Waals surface area contributed by atoms with E-state index in [1.807, 2.05) is 13.1 Å². The van der Waals surface area contributed by atoms with Gasteiger partial charge in [0.05, 0.1) is 14.2 Å². The molecule has 0 saturated carbocycles. The summed E-state index contributed by atoms with van der Waals surface area (Å²) in [6, 6.07) is 4.11. The number of aromatic nitrogens is 2. The van der Waals surface area contributed by atoms with Gasteiger partial charge in [0, 0.05) is 30.3 Å². The topological polar surface area (TPSA) is 90.1 Å². The second kappa shape index (κ2) is 7.05. The van der Waals surface area contributed by atoms with E-state index in [4.69, 9.17) is 11.6 Å². The minimum atomic E-state index is -0.583. The first kappa shape index (κ1) is 16.7. The van der Waals surface area contributed by atoms with Crippen LogP contribution in [-0.4, -0.2) is 20.6 Å². The van der Waals surface area contributed by atoms with Gasteiger partial charge in [0.25, 0.3) is 5.69 Å². The zero-order valence-corrected chi connectivity index (χ0v) is 14.5. The quantitative estimate of drug-likeness (QED) is 0.444. The molecule has 0 aliphatic carbocycles. The molecule has 7 nitrogen and oxygen atoms in total. The third-order valence-electron chi connectivity index (χ3n) is 2.88. The van der Waals surface area contributed by atoms with Gasteiger partial charge < -0.3 is 5.32 Å². The third kappa shape index (κ3) is 4.17. The molecular weight excluding hydrogens is 423 g/mol. The van der Waals surface area contributed by atoms with Crippen LogP contribution in [0.1, 0.15) is 12.1 Å². The van der Waals surface area contributed by atoms with Gasteiger partial charge in [-0.25, -0.2) is 0 Å². The Morgan fingerprint density at radius 1 is 1.55 bits per heavy atom. The number of hydrogen-bond donors (Lipinski definition) is 1. The largest absolute Gasteiger partial charge is 0.320 e. The lowest BCUT2D eigenvalue weighted by Crippen LogP contribution is -2.15. The van der Waals surface area contributed by atoms with Gasteiger partial charge in [0.15, 0.2) is 0 Å². The summed E-state index contributed by atoms with van der Waals surface area (Å²) in [5.74, 6) is -0.325. The molecule has 0 saturated heterocycles. The second-order valence-electron chi connectivity index (χ2n) is 4.54. The van der Waals surface area contributed by atoms with Crippen molar-refractivity contribution in [3.63, 3.8) is 0 Å². The smallest absolute Gasteiger partial charge is 0.294 e. The van der Waals surface area contributed by atoms with Gasteiger partial charge in [0.1, 0.15) is 5.69 Å². The fraction of sp³-hybridized carbons (Fsp3) is 0.231. The summed E-state index contributed by atoms with van der Waals surface area (Å²) in [5, 5.41) is 18.0. The first-order chi connectivity index (χ1) is 10.4. The Labute approximate surface area is 144 Å². The van der Waals surface area contributed by atoms with Crippen LogP contribution in [0, 0.1) is 20.6 Å². The molecule has 0 fully saturated rings. The van der Waals surface area contributed by atoms with E-state index in [-0.39, 0.29) is 28.7 Å². The molecule has 0 atom stereocenters. The number of hydrogen-bond acceptors (Lipinski definition) is 4. The van der Waals surface area contributed by atoms with Crippen molar-refractivity contribution in [3.8, 4) is 0 Å². The number of anilines is 1. The summed E-state index contributed by atoms with van der Waals surface area (Å²) in [4.78, 5) is 22.3. The molecule has 0 radical (unpaired) electrons. The number of aryl methyl sites for hydroxylation is 2. The molecule has 2 rings (SSSR count). The van der Waals surface area contributed by atoms with Gasteiger partial charge in [-0.05, 0) is 41.6 Å². The van der Waals surface area contributed by atoms with E-state index in [2.05, 4.69) is 33.0 Å². The van der Waals surface area contributed by atoms with Crippen LogP contribution >= 0.6 is 34.2 Å². The average Bonchev–Trinajstić information content (AvgIpc) is 2.77. The number of halogens is 2. The summed E-state index contributed by atoms with van der Waals surface area (Å²) in [5.41, 5.74) is 0.797. The fourth-order valence-corrected chi connectivity index (χ4v) is 2.39. The molecule has 0 aliphatic heterocycles. The Morgan fingerprint density at radius 2 is 2.27 bits per heavy atom. The van der Waals surface area contributed by atoms with Crippen LogP contribution in [-0.2, 0) is 11.3 Å². The van der Waals surface area contributed by atoms with Crippen LogP contribution < -0.4 is 5.32 Å². The van der Waals surface area contributed by atoms with Crippen molar-refractivity contribution in [3.05, 3.63) is 48.8 Å². The number of rotatable bonds is 5. The van der Waals surface area contributed by atoms with E-state index in [1.165, 1.54) is 18.2 Å². The van der Waals surface area contributed by atoms with E-state index >= 15 is 0 Å². The van der Waals surface area contributed by atoms with Gasteiger partial charge in [0.2, 0.25) is 5.91 Å². The molecular formula is C13H12ClIN4O3. The van der Waals surface area contributed by atoms with Crippen molar-refractivity contribution in [2.75, 3.05) is 5.32 Å². The Kier molecular flexibility index (Phi) is 5.35. The minimum absolute atomic E-state index is 0.130. The molecule has 2 aromatic rings. The Balaban J connectivity index is 2.01. The van der Waals surface area contributed by atoms with Gasteiger partial charge in [-0.3, -0.25) is 19.6 Å². The summed E-state index contributed by atoms with van der Waals surface area (Å²) < 4.78 is 2.69. The van der Waals surface area contributed by atoms with Crippen molar-refractivity contribution in [2.24, 2.45) is 0 Å². The predicted molar refractivity (Wildman–Crippen MR) is 91.0 cm³/mol. The normalized spacial score (nSPS) is 10.5. The van der Waals surface area contributed by atoms with E-state index in [0.29, 0.717) is 6.54 Å². The van der Waals surface area contributed by atoms with Crippen LogP contribution in [0.25, 0.3) is 0 Å². The third-order valence-corrected chi connectivity index (χ3v) is 4.18. The SMILES string of the molecule is Cc1nn(CCC(=O)Nc2ccc(Cl)cc2[N+](=O)[O-])cc1I. The first-order valence-electron chi connectivity index (χ1n) is 6.30. The lowest BCUT2D eigenvalue weighted by atomic mass is 10.2. The van der Waals surface area contributed by atoms with Crippen molar-refractivity contribution < 1.29 is 9.72 Å². The standard InChI is InChI=1S/C13H12ClIN4O3/c1-8-10(15)7-18(17-8)5-4-13(20)16-11-3-2-9(14)6-12(11)19(21)22/h2-3,6-7H,4-5H2,1H3,(H,16,20). The molecule has 0 aliphatic rings. The highest BCUT2D eigenvalue weighted by molar-refractivity contribution is 14.1. The average molecular weight is 435 g/mol. The van der Waals surface area contributed by atoms with Crippen LogP contribution in [0.15, 0.2) is 24.4 Å². The Morgan fingerprint density at radius 3 is 2.86 bits per heavy atom. The van der Waals surface area contributed by atoms with E-state index in [1.54, 1.807) is 4.68 Å². The molecule has 1 amide bonds. The van der Waals surface area contributed by atoms with Crippen molar-refractivity contribution in [1.29, 1.82) is 0 Å². The number of nitro groups is 1. The zero-order chi connectivity index (χ0) is 16.3. The van der Waals surface area contributed by atoms with E-state index < -0.39 is 4.92 Å². The Bertz CT molecular complexity index is 713. The van der Waals surface area contributed by atoms with Crippen LogP contribution in [0.3, 0.4) is 0 Å². The molecule has 9 heteroatoms. The minimum Gasteiger partial charge on any atom is -0.320 e. The summed E-state index contributed by atoms with van der Waals surface area (Å²) in [6.45, 7) is 2.28. The molecule has 116 valence electrons. The van der Waals surface area contributed by atoms with E-state index in [9.17, 15) is 14.9 Å². The van der Waals surface area contributed by atoms with Gasteiger partial charge >= 0.3 is 0 Å². The molecule has 22 heavy (non-hydrogen) atoms. The van der Waals surface area contributed by atoms with Crippen LogP contribution in [0.5, 0.6) is 0 Å². The van der Waals surface area contributed by atoms with Crippen molar-refractivity contribution in [1.82, 2.24) is 9.78 Å². The molecule has 1 aromatic carbocycles. The Hall–Kier alpha value is -1.68. The van der Waals surface area contributed by atoms with Crippen LogP contribution in [0.4, 0.5) is 11.4 Å². The molecule has 0 unspecified atom stereocenters. The van der Waals surface area contributed by atoms with Crippen molar-refractivity contribution >= 4 is 51.5 Å². The lowest BCUT2D eigenvalue weighted by Gasteiger charge is -2.06. The highest BCUT2D eigenvalue weighted by Crippen LogP contribution is 2.27. The molecule has 0 spiro atoms. The number of nitrogens with zero attached hydrogens (tertiary/aromatic N) is 3. The highest BCUT2D eigenvalue weighted by atomic mass is 127. The van der Waals surface area contributed by atoms with Gasteiger partial charge in [-0.15, -0.1) is 0 Å². The number of nitro benzene ring substituents is 1. The number of amides is 1. The monoisotopic (exact) mass is 434 g/mol. The molecule has 1 heterocycles. The van der Waals surface area contributed by atoms with Gasteiger partial charge in [-0.2, -0.15) is 5.10 Å². The predicted octanol–water partition coefficient (Wildman–Crippen LogP) is 3.39. The number of benzene rings is 1. The maximum absolute atomic E-state index is 11.9.